The van der Waals surface area contributed by atoms with E-state index in [1.807, 2.05) is 5.32 Å². The summed E-state index contributed by atoms with van der Waals surface area (Å²) in [5, 5.41) is 1.97. The summed E-state index contributed by atoms with van der Waals surface area (Å²) in [4.78, 5) is 11.1. The molecule has 1 atom stereocenters. The fourth-order valence-electron chi connectivity index (χ4n) is 0.804. The fraction of sp³-hybridized carbons (Fsp3) is 0.600. The van der Waals surface area contributed by atoms with E-state index in [0.29, 0.717) is 4.90 Å². The number of nitrogens with zero attached hydrogens (tertiary/aromatic N) is 1. The third-order valence-electron chi connectivity index (χ3n) is 1.44. The second-order valence-corrected chi connectivity index (χ2v) is 2.21. The number of amides is 2. The summed E-state index contributed by atoms with van der Waals surface area (Å²) in [5.41, 5.74) is 0. The number of carbonyl (C=O) groups is 1. The first-order valence-corrected chi connectivity index (χ1v) is 2.86. The van der Waals surface area contributed by atoms with Crippen molar-refractivity contribution in [2.45, 2.75) is 12.2 Å². The van der Waals surface area contributed by atoms with E-state index >= 15 is 0 Å². The molecule has 0 spiro atoms. The molecule has 2 amide bonds. The van der Waals surface area contributed by atoms with Gasteiger partial charge in [0.25, 0.3) is 0 Å². The van der Waals surface area contributed by atoms with Gasteiger partial charge in [0.1, 0.15) is 0 Å². The highest BCUT2D eigenvalue weighted by Crippen LogP contribution is 2.27. The highest BCUT2D eigenvalue weighted by atomic mass is 19.4. The molecule has 1 heterocycles. The molecule has 0 saturated carbocycles. The molecule has 6 heteroatoms. The van der Waals surface area contributed by atoms with Gasteiger partial charge in [-0.1, -0.05) is 0 Å². The number of hydrogen-bond donors (Lipinski definition) is 1. The van der Waals surface area contributed by atoms with Gasteiger partial charge >= 0.3 is 12.2 Å². The third-order valence-corrected chi connectivity index (χ3v) is 1.44. The van der Waals surface area contributed by atoms with Crippen molar-refractivity contribution in [2.24, 2.45) is 0 Å². The van der Waals surface area contributed by atoms with E-state index in [-0.39, 0.29) is 0 Å². The Kier molecular flexibility index (Phi) is 1.69. The number of nitrogens with one attached hydrogen (secondary N) is 1. The Labute approximate surface area is 61.2 Å². The molecule has 0 aromatic rings. The Bertz CT molecular complexity index is 179. The average Bonchev–Trinajstić information content (AvgIpc) is 2.11. The van der Waals surface area contributed by atoms with Crippen molar-refractivity contribution in [1.29, 1.82) is 0 Å². The lowest BCUT2D eigenvalue weighted by Crippen LogP contribution is -2.40. The van der Waals surface area contributed by atoms with Crippen molar-refractivity contribution in [3.8, 4) is 0 Å². The van der Waals surface area contributed by atoms with Crippen LogP contribution < -0.4 is 5.32 Å². The van der Waals surface area contributed by atoms with Crippen LogP contribution in [0.3, 0.4) is 0 Å². The minimum atomic E-state index is -4.38. The molecule has 1 unspecified atom stereocenters. The molecule has 1 N–H and O–H groups in total. The van der Waals surface area contributed by atoms with Gasteiger partial charge in [0, 0.05) is 7.05 Å². The molecule has 63 valence electrons. The molecule has 0 aliphatic carbocycles. The number of carbonyl (C=O) groups excluding carboxylic acids is 1. The van der Waals surface area contributed by atoms with Crippen LogP contribution in [0.25, 0.3) is 0 Å². The van der Waals surface area contributed by atoms with Crippen LogP contribution in [0.15, 0.2) is 0 Å². The maximum atomic E-state index is 11.9. The van der Waals surface area contributed by atoms with Crippen LogP contribution in [0.1, 0.15) is 0 Å². The van der Waals surface area contributed by atoms with Crippen molar-refractivity contribution in [3.63, 3.8) is 0 Å². The van der Waals surface area contributed by atoms with Crippen LogP contribution in [0, 0.1) is 6.54 Å². The van der Waals surface area contributed by atoms with Gasteiger partial charge in [-0.3, -0.25) is 0 Å². The predicted molar refractivity (Wildman–Crippen MR) is 30.4 cm³/mol. The molecular formula is C5H6F3N2O. The molecule has 0 aromatic carbocycles. The minimum Gasteiger partial charge on any atom is -0.331 e. The average molecular weight is 167 g/mol. The first-order valence-electron chi connectivity index (χ1n) is 2.86. The zero-order valence-corrected chi connectivity index (χ0v) is 5.64. The summed E-state index contributed by atoms with van der Waals surface area (Å²) in [5.74, 6) is 0. The summed E-state index contributed by atoms with van der Waals surface area (Å²) in [6, 6.07) is -2.53. The topological polar surface area (TPSA) is 32.3 Å². The van der Waals surface area contributed by atoms with Crippen LogP contribution >= 0.6 is 0 Å². The largest absolute Gasteiger partial charge is 0.410 e. The summed E-state index contributed by atoms with van der Waals surface area (Å²) < 4.78 is 35.8. The van der Waals surface area contributed by atoms with Gasteiger partial charge in [-0.15, -0.1) is 0 Å². The van der Waals surface area contributed by atoms with Gasteiger partial charge in [0.15, 0.2) is 6.04 Å². The maximum absolute atomic E-state index is 11.9. The first-order chi connectivity index (χ1) is 4.93. The van der Waals surface area contributed by atoms with Crippen molar-refractivity contribution in [3.05, 3.63) is 6.54 Å². The number of likely N-dealkylation sites (N-methyl/N-ethyl adjacent to an activating group) is 1. The SMILES string of the molecule is CN1C(=O)N[CH]C1C(F)(F)F. The number of rotatable bonds is 0. The Hall–Kier alpha value is -0.940. The molecule has 1 rings (SSSR count). The first kappa shape index (κ1) is 8.16. The monoisotopic (exact) mass is 167 g/mol. The maximum Gasteiger partial charge on any atom is 0.410 e. The van der Waals surface area contributed by atoms with E-state index in [1.165, 1.54) is 0 Å². The predicted octanol–water partition coefficient (Wildman–Crippen LogP) is 0.734. The van der Waals surface area contributed by atoms with E-state index in [9.17, 15) is 18.0 Å². The molecule has 11 heavy (non-hydrogen) atoms. The van der Waals surface area contributed by atoms with Gasteiger partial charge in [0.2, 0.25) is 0 Å². The highest BCUT2D eigenvalue weighted by Gasteiger charge is 2.47. The van der Waals surface area contributed by atoms with Crippen molar-refractivity contribution in [2.75, 3.05) is 7.05 Å². The van der Waals surface area contributed by atoms with Crippen molar-refractivity contribution >= 4 is 6.03 Å². The molecule has 1 saturated heterocycles. The standard InChI is InChI=1S/C5H6F3N2O/c1-10-3(5(6,7)8)2-9-4(10)11/h2-3H,1H3,(H,9,11). The fourth-order valence-corrected chi connectivity index (χ4v) is 0.804. The molecular weight excluding hydrogens is 161 g/mol. The number of alkyl halides is 3. The molecule has 1 fully saturated rings. The minimum absolute atomic E-state index is 0.597. The summed E-state index contributed by atoms with van der Waals surface area (Å²) in [7, 11) is 1.09. The Morgan fingerprint density at radius 3 is 2.36 bits per heavy atom. The van der Waals surface area contributed by atoms with Crippen LogP contribution in [0.5, 0.6) is 0 Å². The Morgan fingerprint density at radius 1 is 1.64 bits per heavy atom. The van der Waals surface area contributed by atoms with Crippen LogP contribution in [0.2, 0.25) is 0 Å². The lowest BCUT2D eigenvalue weighted by Gasteiger charge is -2.19. The van der Waals surface area contributed by atoms with E-state index in [2.05, 4.69) is 0 Å². The summed E-state index contributed by atoms with van der Waals surface area (Å²) in [6.07, 6.45) is -4.38. The summed E-state index contributed by atoms with van der Waals surface area (Å²) >= 11 is 0. The zero-order valence-electron chi connectivity index (χ0n) is 5.64. The van der Waals surface area contributed by atoms with Crippen molar-refractivity contribution < 1.29 is 18.0 Å². The lowest BCUT2D eigenvalue weighted by atomic mass is 10.3. The van der Waals surface area contributed by atoms with Crippen LogP contribution in [0.4, 0.5) is 18.0 Å². The van der Waals surface area contributed by atoms with Crippen molar-refractivity contribution in [1.82, 2.24) is 10.2 Å². The third kappa shape index (κ3) is 1.38. The van der Waals surface area contributed by atoms with Gasteiger partial charge in [-0.2, -0.15) is 13.2 Å². The Morgan fingerprint density at radius 2 is 2.18 bits per heavy atom. The van der Waals surface area contributed by atoms with E-state index in [1.54, 1.807) is 0 Å². The van der Waals surface area contributed by atoms with E-state index < -0.39 is 18.2 Å². The number of urea groups is 1. The highest BCUT2D eigenvalue weighted by molar-refractivity contribution is 5.78. The summed E-state index contributed by atoms with van der Waals surface area (Å²) in [6.45, 7) is 0.725. The van der Waals surface area contributed by atoms with Crippen LogP contribution in [-0.4, -0.2) is 30.2 Å². The van der Waals surface area contributed by atoms with Gasteiger partial charge in [-0.25, -0.2) is 4.79 Å². The molecule has 0 bridgehead atoms. The van der Waals surface area contributed by atoms with Gasteiger partial charge in [0.05, 0.1) is 6.54 Å². The second kappa shape index (κ2) is 2.28. The Balaban J connectivity index is 2.70. The smallest absolute Gasteiger partial charge is 0.331 e. The van der Waals surface area contributed by atoms with E-state index in [0.717, 1.165) is 13.6 Å². The van der Waals surface area contributed by atoms with Gasteiger partial charge in [-0.05, 0) is 0 Å². The molecule has 3 nitrogen and oxygen atoms in total. The molecule has 1 radical (unpaired) electrons. The number of halogens is 3. The molecule has 1 aliphatic heterocycles. The second-order valence-electron chi connectivity index (χ2n) is 2.21. The van der Waals surface area contributed by atoms with Gasteiger partial charge < -0.3 is 10.2 Å². The molecule has 0 aromatic heterocycles. The van der Waals surface area contributed by atoms with E-state index in [4.69, 9.17) is 0 Å². The number of hydrogen-bond acceptors (Lipinski definition) is 1. The zero-order chi connectivity index (χ0) is 8.65. The van der Waals surface area contributed by atoms with Crippen LogP contribution in [-0.2, 0) is 0 Å². The quantitative estimate of drug-likeness (QED) is 0.566. The molecule has 1 aliphatic rings. The lowest BCUT2D eigenvalue weighted by molar-refractivity contribution is -0.160. The normalized spacial score (nSPS) is 25.6.